The molecule has 0 amide bonds. The number of carbonyl (C=O) groups excluding carboxylic acids is 2. The summed E-state index contributed by atoms with van der Waals surface area (Å²) >= 11 is 2.30. The summed E-state index contributed by atoms with van der Waals surface area (Å²) in [5, 5.41) is 0. The molecular formula is C33H44INO4. The first-order chi connectivity index (χ1) is 18.3. The second kappa shape index (κ2) is 10.5. The normalized spacial score (nSPS) is 23.8. The third-order valence-corrected chi connectivity index (χ3v) is 9.63. The van der Waals surface area contributed by atoms with Crippen LogP contribution in [-0.2, 0) is 9.59 Å². The van der Waals surface area contributed by atoms with E-state index in [9.17, 15) is 9.59 Å². The molecule has 1 heterocycles. The third kappa shape index (κ3) is 5.43. The van der Waals surface area contributed by atoms with Crippen molar-refractivity contribution in [1.82, 2.24) is 4.90 Å². The molecule has 1 aliphatic heterocycles. The highest BCUT2D eigenvalue weighted by Gasteiger charge is 2.50. The van der Waals surface area contributed by atoms with Crippen LogP contribution in [0, 0.1) is 14.4 Å². The molecule has 212 valence electrons. The lowest BCUT2D eigenvalue weighted by molar-refractivity contribution is -0.119. The van der Waals surface area contributed by atoms with Crippen molar-refractivity contribution in [2.75, 3.05) is 7.11 Å². The summed E-state index contributed by atoms with van der Waals surface area (Å²) in [6.07, 6.45) is 8.65. The standard InChI is InChI=1S/C33H44INO4/c1-19(2)39-31-22(34)13-20(14-27(31)38-7)28-29-23(15-32(3,4)17-25(29)36)35(21-11-9-8-10-12-21)24-16-33(5,6)18-26(37)30(24)28/h13-14,19,21,28H,8-12,15-18H2,1-7H3. The van der Waals surface area contributed by atoms with Gasteiger partial charge in [0.05, 0.1) is 16.8 Å². The minimum absolute atomic E-state index is 0.00456. The van der Waals surface area contributed by atoms with Crippen molar-refractivity contribution in [1.29, 1.82) is 0 Å². The Labute approximate surface area is 247 Å². The van der Waals surface area contributed by atoms with Gasteiger partial charge in [0, 0.05) is 47.3 Å². The minimum atomic E-state index is -0.363. The Morgan fingerprint density at radius 3 is 1.90 bits per heavy atom. The van der Waals surface area contributed by atoms with Crippen LogP contribution in [0.3, 0.4) is 0 Å². The van der Waals surface area contributed by atoms with Crippen molar-refractivity contribution in [3.8, 4) is 11.5 Å². The van der Waals surface area contributed by atoms with Gasteiger partial charge in [-0.1, -0.05) is 47.0 Å². The Bertz CT molecular complexity index is 1190. The largest absolute Gasteiger partial charge is 0.493 e. The fourth-order valence-corrected chi connectivity index (χ4v) is 8.12. The number of hydrogen-bond donors (Lipinski definition) is 0. The lowest BCUT2D eigenvalue weighted by Gasteiger charge is -2.52. The summed E-state index contributed by atoms with van der Waals surface area (Å²) in [6.45, 7) is 12.9. The van der Waals surface area contributed by atoms with Crippen LogP contribution in [0.25, 0.3) is 0 Å². The quantitative estimate of drug-likeness (QED) is 0.303. The number of benzene rings is 1. The molecule has 0 radical (unpaired) electrons. The number of methoxy groups -OCH3 is 1. The number of halogens is 1. The Hall–Kier alpha value is -1.83. The summed E-state index contributed by atoms with van der Waals surface area (Å²) < 4.78 is 12.9. The second-order valence-corrected chi connectivity index (χ2v) is 15.1. The molecule has 3 aliphatic carbocycles. The molecular weight excluding hydrogens is 601 g/mol. The van der Waals surface area contributed by atoms with E-state index in [1.165, 1.54) is 30.7 Å². The van der Waals surface area contributed by atoms with E-state index in [0.717, 1.165) is 46.0 Å². The molecule has 5 rings (SSSR count). The molecule has 0 N–H and O–H groups in total. The monoisotopic (exact) mass is 645 g/mol. The topological polar surface area (TPSA) is 55.8 Å². The van der Waals surface area contributed by atoms with Gasteiger partial charge >= 0.3 is 0 Å². The highest BCUT2D eigenvalue weighted by atomic mass is 127. The molecule has 0 saturated heterocycles. The van der Waals surface area contributed by atoms with Crippen LogP contribution < -0.4 is 9.47 Å². The molecule has 1 fully saturated rings. The summed E-state index contributed by atoms with van der Waals surface area (Å²) in [6, 6.07) is 4.47. The van der Waals surface area contributed by atoms with E-state index >= 15 is 0 Å². The van der Waals surface area contributed by atoms with Crippen LogP contribution in [0.5, 0.6) is 11.5 Å². The van der Waals surface area contributed by atoms with Crippen LogP contribution in [0.15, 0.2) is 34.7 Å². The van der Waals surface area contributed by atoms with E-state index < -0.39 is 0 Å². The van der Waals surface area contributed by atoms with Crippen LogP contribution in [0.2, 0.25) is 0 Å². The van der Waals surface area contributed by atoms with Gasteiger partial charge in [0.2, 0.25) is 0 Å². The van der Waals surface area contributed by atoms with E-state index in [0.29, 0.717) is 30.4 Å². The number of ether oxygens (including phenoxy) is 2. The maximum absolute atomic E-state index is 14.1. The van der Waals surface area contributed by atoms with Crippen molar-refractivity contribution >= 4 is 34.2 Å². The minimum Gasteiger partial charge on any atom is -0.493 e. The number of rotatable bonds is 5. The highest BCUT2D eigenvalue weighted by molar-refractivity contribution is 14.1. The predicted molar refractivity (Wildman–Crippen MR) is 163 cm³/mol. The van der Waals surface area contributed by atoms with Gasteiger partial charge in [-0.15, -0.1) is 0 Å². The van der Waals surface area contributed by atoms with Gasteiger partial charge in [0.25, 0.3) is 0 Å². The van der Waals surface area contributed by atoms with Crippen molar-refractivity contribution in [3.05, 3.63) is 43.8 Å². The fraction of sp³-hybridized carbons (Fsp3) is 0.636. The van der Waals surface area contributed by atoms with Crippen molar-refractivity contribution < 1.29 is 19.1 Å². The molecule has 0 unspecified atom stereocenters. The van der Waals surface area contributed by atoms with Crippen LogP contribution in [-0.4, -0.2) is 35.7 Å². The SMILES string of the molecule is COc1cc(C2C3=C(CC(C)(C)CC3=O)N(C3CCCCC3)C3=C2C(=O)CC(C)(C)C3)cc(I)c1OC(C)C. The average Bonchev–Trinajstić information content (AvgIpc) is 2.82. The summed E-state index contributed by atoms with van der Waals surface area (Å²) in [7, 11) is 1.66. The first-order valence-electron chi connectivity index (χ1n) is 14.7. The van der Waals surface area contributed by atoms with Crippen molar-refractivity contribution in [2.45, 2.75) is 117 Å². The van der Waals surface area contributed by atoms with Gasteiger partial charge in [0.15, 0.2) is 23.1 Å². The Morgan fingerprint density at radius 2 is 1.41 bits per heavy atom. The number of allylic oxidation sites excluding steroid dienone is 4. The fourth-order valence-electron chi connectivity index (χ4n) is 7.37. The van der Waals surface area contributed by atoms with Gasteiger partial charge in [-0.3, -0.25) is 9.59 Å². The van der Waals surface area contributed by atoms with E-state index in [4.69, 9.17) is 9.47 Å². The molecule has 1 aromatic rings. The zero-order valence-corrected chi connectivity index (χ0v) is 26.9. The molecule has 1 saturated carbocycles. The Morgan fingerprint density at radius 1 is 0.872 bits per heavy atom. The lowest BCUT2D eigenvalue weighted by Crippen LogP contribution is -2.48. The van der Waals surface area contributed by atoms with Gasteiger partial charge in [-0.2, -0.15) is 0 Å². The highest BCUT2D eigenvalue weighted by Crippen LogP contribution is 2.56. The van der Waals surface area contributed by atoms with E-state index in [-0.39, 0.29) is 34.4 Å². The van der Waals surface area contributed by atoms with Crippen LogP contribution in [0.1, 0.15) is 111 Å². The number of ketones is 2. The Kier molecular flexibility index (Phi) is 7.75. The molecule has 0 spiro atoms. The van der Waals surface area contributed by atoms with Gasteiger partial charge in [0.1, 0.15) is 0 Å². The molecule has 5 nitrogen and oxygen atoms in total. The molecule has 0 aromatic heterocycles. The summed E-state index contributed by atoms with van der Waals surface area (Å²) in [4.78, 5) is 30.8. The maximum atomic E-state index is 14.1. The first-order valence-corrected chi connectivity index (χ1v) is 15.8. The third-order valence-electron chi connectivity index (χ3n) is 8.83. The predicted octanol–water partition coefficient (Wildman–Crippen LogP) is 8.11. The molecule has 6 heteroatoms. The smallest absolute Gasteiger partial charge is 0.174 e. The van der Waals surface area contributed by atoms with E-state index in [2.05, 4.69) is 61.3 Å². The molecule has 1 aromatic carbocycles. The number of nitrogens with zero attached hydrogens (tertiary/aromatic N) is 1. The van der Waals surface area contributed by atoms with Crippen LogP contribution in [0.4, 0.5) is 0 Å². The van der Waals surface area contributed by atoms with Gasteiger partial charge in [-0.25, -0.2) is 0 Å². The number of carbonyl (C=O) groups is 2. The van der Waals surface area contributed by atoms with Gasteiger partial charge < -0.3 is 14.4 Å². The molecule has 0 bridgehead atoms. The maximum Gasteiger partial charge on any atom is 0.174 e. The molecule has 39 heavy (non-hydrogen) atoms. The first kappa shape index (κ1) is 28.7. The molecule has 4 aliphatic rings. The number of Topliss-reactive ketones (excluding diaryl/α,β-unsaturated/α-hetero) is 2. The Balaban J connectivity index is 1.77. The van der Waals surface area contributed by atoms with Crippen molar-refractivity contribution in [3.63, 3.8) is 0 Å². The van der Waals surface area contributed by atoms with Crippen molar-refractivity contribution in [2.24, 2.45) is 10.8 Å². The summed E-state index contributed by atoms with van der Waals surface area (Å²) in [5.41, 5.74) is 4.78. The average molecular weight is 646 g/mol. The number of hydrogen-bond acceptors (Lipinski definition) is 5. The van der Waals surface area contributed by atoms with E-state index in [1.807, 2.05) is 19.9 Å². The van der Waals surface area contributed by atoms with E-state index in [1.54, 1.807) is 7.11 Å². The summed E-state index contributed by atoms with van der Waals surface area (Å²) in [5.74, 6) is 1.38. The van der Waals surface area contributed by atoms with Crippen LogP contribution >= 0.6 is 22.6 Å². The second-order valence-electron chi connectivity index (χ2n) is 13.9. The zero-order chi connectivity index (χ0) is 28.3. The molecule has 0 atom stereocenters. The lowest BCUT2D eigenvalue weighted by atomic mass is 9.63. The van der Waals surface area contributed by atoms with Gasteiger partial charge in [-0.05, 0) is 90.6 Å². The zero-order valence-electron chi connectivity index (χ0n) is 24.7.